The van der Waals surface area contributed by atoms with E-state index in [0.717, 1.165) is 21.8 Å². The van der Waals surface area contributed by atoms with Gasteiger partial charge >= 0.3 is 5.97 Å². The molecule has 2 N–H and O–H groups in total. The van der Waals surface area contributed by atoms with Gasteiger partial charge in [0.2, 0.25) is 0 Å². The van der Waals surface area contributed by atoms with Gasteiger partial charge in [-0.05, 0) is 71.3 Å². The zero-order chi connectivity index (χ0) is 27.5. The largest absolute Gasteiger partial charge is 0.484 e. The lowest BCUT2D eigenvalue weighted by Gasteiger charge is -2.31. The molecule has 0 spiro atoms. The van der Waals surface area contributed by atoms with E-state index in [1.807, 2.05) is 6.07 Å². The van der Waals surface area contributed by atoms with Crippen molar-refractivity contribution in [1.82, 2.24) is 5.32 Å². The lowest BCUT2D eigenvalue weighted by atomic mass is 9.85. The Kier molecular flexibility index (Phi) is 8.53. The van der Waals surface area contributed by atoms with E-state index in [0.29, 0.717) is 4.88 Å². The number of rotatable bonds is 8. The second-order valence-electron chi connectivity index (χ2n) is 11.7. The van der Waals surface area contributed by atoms with Gasteiger partial charge in [-0.3, -0.25) is 9.59 Å². The minimum atomic E-state index is -0.938. The van der Waals surface area contributed by atoms with Crippen LogP contribution in [0.2, 0.25) is 0 Å². The normalized spacial score (nSPS) is 12.8. The van der Waals surface area contributed by atoms with Crippen molar-refractivity contribution < 1.29 is 19.4 Å². The molecular formula is C31H39NO4S. The molecule has 1 amide bonds. The molecule has 5 nitrogen and oxygen atoms in total. The summed E-state index contributed by atoms with van der Waals surface area (Å²) in [7, 11) is 0. The van der Waals surface area contributed by atoms with Crippen LogP contribution in [0, 0.1) is 19.3 Å². The van der Waals surface area contributed by atoms with Crippen LogP contribution in [0.3, 0.4) is 0 Å². The zero-order valence-corrected chi connectivity index (χ0v) is 24.0. The van der Waals surface area contributed by atoms with Gasteiger partial charge in [0.25, 0.3) is 5.91 Å². The monoisotopic (exact) mass is 521 g/mol. The lowest BCUT2D eigenvalue weighted by Crippen LogP contribution is -2.25. The molecule has 37 heavy (non-hydrogen) atoms. The maximum atomic E-state index is 12.5. The Bertz CT molecular complexity index is 1240. The van der Waals surface area contributed by atoms with Crippen molar-refractivity contribution in [1.29, 1.82) is 0 Å². The van der Waals surface area contributed by atoms with Crippen LogP contribution < -0.4 is 10.1 Å². The Morgan fingerprint density at radius 1 is 0.946 bits per heavy atom. The van der Waals surface area contributed by atoms with E-state index in [1.54, 1.807) is 6.07 Å². The van der Waals surface area contributed by atoms with Crippen molar-refractivity contribution in [2.24, 2.45) is 5.41 Å². The Hall–Kier alpha value is -3.12. The van der Waals surface area contributed by atoms with E-state index < -0.39 is 5.97 Å². The number of carbonyl (C=O) groups is 2. The van der Waals surface area contributed by atoms with Gasteiger partial charge in [0, 0.05) is 16.8 Å². The summed E-state index contributed by atoms with van der Waals surface area (Å²) < 4.78 is 6.59. The van der Waals surface area contributed by atoms with E-state index in [9.17, 15) is 9.59 Å². The number of hydrogen-bond acceptors (Lipinski definition) is 4. The van der Waals surface area contributed by atoms with Gasteiger partial charge in [-0.15, -0.1) is 11.3 Å². The average molecular weight is 522 g/mol. The third-order valence-electron chi connectivity index (χ3n) is 6.32. The molecule has 1 atom stereocenters. The molecule has 3 rings (SSSR count). The van der Waals surface area contributed by atoms with Crippen LogP contribution in [0.25, 0.3) is 11.1 Å². The van der Waals surface area contributed by atoms with Crippen molar-refractivity contribution in [2.45, 2.75) is 73.3 Å². The number of carboxylic acids is 1. The first-order valence-corrected chi connectivity index (χ1v) is 13.5. The van der Waals surface area contributed by atoms with Crippen LogP contribution in [-0.2, 0) is 10.2 Å². The number of ether oxygens (including phenoxy) is 1. The number of aryl methyl sites for hydroxylation is 2. The fourth-order valence-electron chi connectivity index (χ4n) is 4.37. The summed E-state index contributed by atoms with van der Waals surface area (Å²) in [5, 5.41) is 11.5. The first kappa shape index (κ1) is 28.5. The maximum Gasteiger partial charge on any atom is 0.305 e. The summed E-state index contributed by atoms with van der Waals surface area (Å²) in [5.74, 6) is -0.406. The molecule has 0 fully saturated rings. The molecule has 0 bridgehead atoms. The number of thiophene rings is 1. The fourth-order valence-corrected chi connectivity index (χ4v) is 5.57. The molecule has 3 aromatic rings. The Labute approximate surface area is 224 Å². The van der Waals surface area contributed by atoms with Crippen LogP contribution in [0.1, 0.15) is 85.3 Å². The molecule has 1 heterocycles. The number of nitrogens with one attached hydrogen (secondary N) is 1. The minimum Gasteiger partial charge on any atom is -0.484 e. The van der Waals surface area contributed by atoms with E-state index >= 15 is 0 Å². The van der Waals surface area contributed by atoms with Gasteiger partial charge in [0.1, 0.15) is 11.9 Å². The number of benzene rings is 2. The van der Waals surface area contributed by atoms with Gasteiger partial charge in [-0.2, -0.15) is 0 Å². The first-order valence-electron chi connectivity index (χ1n) is 12.7. The Morgan fingerprint density at radius 2 is 1.54 bits per heavy atom. The van der Waals surface area contributed by atoms with Gasteiger partial charge in [-0.25, -0.2) is 0 Å². The second-order valence-corrected chi connectivity index (χ2v) is 12.8. The minimum absolute atomic E-state index is 0.102. The number of carbonyl (C=O) groups excluding carboxylic acids is 1. The molecule has 0 aliphatic rings. The molecule has 6 heteroatoms. The van der Waals surface area contributed by atoms with Crippen molar-refractivity contribution in [3.05, 3.63) is 75.0 Å². The molecule has 0 aliphatic heterocycles. The van der Waals surface area contributed by atoms with E-state index in [2.05, 4.69) is 97.1 Å². The highest BCUT2D eigenvalue weighted by Crippen LogP contribution is 2.41. The van der Waals surface area contributed by atoms with E-state index in [4.69, 9.17) is 9.84 Å². The molecular weight excluding hydrogens is 482 g/mol. The zero-order valence-electron chi connectivity index (χ0n) is 23.2. The number of carboxylic acid groups (broad SMARTS) is 1. The highest BCUT2D eigenvalue weighted by molar-refractivity contribution is 7.14. The van der Waals surface area contributed by atoms with Gasteiger partial charge in [0.05, 0.1) is 11.3 Å². The topological polar surface area (TPSA) is 75.6 Å². The average Bonchev–Trinajstić information content (AvgIpc) is 3.25. The van der Waals surface area contributed by atoms with Crippen molar-refractivity contribution in [3.8, 4) is 16.9 Å². The van der Waals surface area contributed by atoms with E-state index in [1.165, 1.54) is 28.0 Å². The Balaban J connectivity index is 1.84. The van der Waals surface area contributed by atoms with Gasteiger partial charge in [0.15, 0.2) is 0 Å². The second kappa shape index (κ2) is 11.1. The van der Waals surface area contributed by atoms with Crippen molar-refractivity contribution >= 4 is 23.2 Å². The van der Waals surface area contributed by atoms with Crippen LogP contribution in [0.15, 0.2) is 48.5 Å². The summed E-state index contributed by atoms with van der Waals surface area (Å²) in [4.78, 5) is 24.7. The molecule has 0 radical (unpaired) electrons. The molecule has 2 aromatic carbocycles. The summed E-state index contributed by atoms with van der Waals surface area (Å²) in [6.45, 7) is 17.4. The standard InChI is InChI=1S/C31H39NO4S/c1-19-17-23(18-20(2)27(19)21-9-11-22(12-10-21)30(3,4)5)36-28(31(6,7)8)24-13-14-25(37-24)29(35)32-16-15-26(33)34/h9-14,17-18,28H,15-16H2,1-8H3,(H,32,35)(H,33,34). The molecule has 198 valence electrons. The molecule has 0 saturated heterocycles. The van der Waals surface area contributed by atoms with Crippen LogP contribution in [0.5, 0.6) is 5.75 Å². The highest BCUT2D eigenvalue weighted by atomic mass is 32.1. The molecule has 1 aromatic heterocycles. The molecule has 0 aliphatic carbocycles. The summed E-state index contributed by atoms with van der Waals surface area (Å²) in [5.41, 5.74) is 5.92. The van der Waals surface area contributed by atoms with Crippen molar-refractivity contribution in [3.63, 3.8) is 0 Å². The molecule has 0 saturated carbocycles. The third-order valence-corrected chi connectivity index (χ3v) is 7.45. The highest BCUT2D eigenvalue weighted by Gasteiger charge is 2.31. The predicted molar refractivity (Wildman–Crippen MR) is 152 cm³/mol. The summed E-state index contributed by atoms with van der Waals surface area (Å²) >= 11 is 1.38. The number of hydrogen-bond donors (Lipinski definition) is 2. The Morgan fingerprint density at radius 3 is 2.05 bits per heavy atom. The first-order chi connectivity index (χ1) is 17.2. The van der Waals surface area contributed by atoms with Crippen molar-refractivity contribution in [2.75, 3.05) is 6.54 Å². The van der Waals surface area contributed by atoms with Crippen LogP contribution >= 0.6 is 11.3 Å². The van der Waals surface area contributed by atoms with Crippen LogP contribution in [0.4, 0.5) is 0 Å². The SMILES string of the molecule is Cc1cc(OC(c2ccc(C(=O)NCCC(=O)O)s2)C(C)(C)C)cc(C)c1-c1ccc(C(C)(C)C)cc1. The summed E-state index contributed by atoms with van der Waals surface area (Å²) in [6.07, 6.45) is -0.360. The van der Waals surface area contributed by atoms with Gasteiger partial charge in [-0.1, -0.05) is 65.8 Å². The predicted octanol–water partition coefficient (Wildman–Crippen LogP) is 7.70. The number of aliphatic carboxylic acids is 1. The lowest BCUT2D eigenvalue weighted by molar-refractivity contribution is -0.136. The third kappa shape index (κ3) is 7.22. The summed E-state index contributed by atoms with van der Waals surface area (Å²) in [6, 6.07) is 16.7. The smallest absolute Gasteiger partial charge is 0.305 e. The van der Waals surface area contributed by atoms with E-state index in [-0.39, 0.29) is 35.8 Å². The quantitative estimate of drug-likeness (QED) is 0.318. The maximum absolute atomic E-state index is 12.5. The van der Waals surface area contributed by atoms with Crippen LogP contribution in [-0.4, -0.2) is 23.5 Å². The number of amides is 1. The molecule has 1 unspecified atom stereocenters. The fraction of sp³-hybridized carbons (Fsp3) is 0.419. The van der Waals surface area contributed by atoms with Gasteiger partial charge < -0.3 is 15.2 Å².